The van der Waals surface area contributed by atoms with Crippen molar-refractivity contribution < 1.29 is 14.3 Å². The molecule has 0 bridgehead atoms. The Balaban J connectivity index is 1.64. The highest BCUT2D eigenvalue weighted by Crippen LogP contribution is 2.30. The Bertz CT molecular complexity index is 884. The molecule has 2 amide bonds. The zero-order valence-electron chi connectivity index (χ0n) is 17.0. The third kappa shape index (κ3) is 4.71. The second kappa shape index (κ2) is 8.05. The molecule has 0 aliphatic carbocycles. The molecule has 0 aromatic heterocycles. The Kier molecular flexibility index (Phi) is 5.73. The maximum absolute atomic E-state index is 12.6. The van der Waals surface area contributed by atoms with E-state index in [1.54, 1.807) is 0 Å². The van der Waals surface area contributed by atoms with Gasteiger partial charge in [-0.1, -0.05) is 45.0 Å². The summed E-state index contributed by atoms with van der Waals surface area (Å²) in [6, 6.07) is 13.6. The average molecular weight is 380 g/mol. The average Bonchev–Trinajstić information content (AvgIpc) is 2.65. The molecule has 148 valence electrons. The number of carbonyl (C=O) groups excluding carboxylic acids is 2. The number of ether oxygens (including phenoxy) is 1. The van der Waals surface area contributed by atoms with E-state index in [2.05, 4.69) is 10.6 Å². The van der Waals surface area contributed by atoms with Gasteiger partial charge < -0.3 is 15.4 Å². The molecule has 1 heterocycles. The van der Waals surface area contributed by atoms with Gasteiger partial charge in [0.2, 0.25) is 11.8 Å². The molecule has 28 heavy (non-hydrogen) atoms. The minimum atomic E-state index is -0.468. The van der Waals surface area contributed by atoms with Crippen molar-refractivity contribution in [2.45, 2.75) is 40.7 Å². The smallest absolute Gasteiger partial charge is 0.229 e. The van der Waals surface area contributed by atoms with Crippen LogP contribution in [0, 0.1) is 18.3 Å². The summed E-state index contributed by atoms with van der Waals surface area (Å²) in [6.45, 7) is 8.53. The number of nitrogens with one attached hydrogen (secondary N) is 2. The van der Waals surface area contributed by atoms with Crippen LogP contribution in [0.2, 0.25) is 0 Å². The minimum Gasteiger partial charge on any atom is -0.492 e. The standard InChI is InChI=1S/C23H28N2O3/c1-15-7-5-6-8-16(15)13-24-21(26)18-11-17-12-19(9-10-20(17)28-14-18)25-22(27)23(2,3)4/h5-10,12,18H,11,13-14H2,1-4H3,(H,24,26)(H,25,27)/t18-/m1/s1. The first kappa shape index (κ1) is 19.9. The Labute approximate surface area is 166 Å². The molecule has 1 atom stereocenters. The quantitative estimate of drug-likeness (QED) is 0.847. The molecule has 3 rings (SSSR count). The van der Waals surface area contributed by atoms with Gasteiger partial charge in [0.15, 0.2) is 0 Å². The van der Waals surface area contributed by atoms with E-state index < -0.39 is 5.41 Å². The van der Waals surface area contributed by atoms with Gasteiger partial charge in [-0.05, 0) is 48.2 Å². The maximum atomic E-state index is 12.6. The number of rotatable bonds is 4. The van der Waals surface area contributed by atoms with Crippen LogP contribution in [0.5, 0.6) is 5.75 Å². The van der Waals surface area contributed by atoms with Gasteiger partial charge in [-0.2, -0.15) is 0 Å². The van der Waals surface area contributed by atoms with Gasteiger partial charge in [0, 0.05) is 17.6 Å². The van der Waals surface area contributed by atoms with E-state index in [0.29, 0.717) is 19.6 Å². The van der Waals surface area contributed by atoms with Crippen LogP contribution in [0.25, 0.3) is 0 Å². The SMILES string of the molecule is Cc1ccccc1CNC(=O)[C@H]1COc2ccc(NC(=O)C(C)(C)C)cc2C1. The Morgan fingerprint density at radius 3 is 2.61 bits per heavy atom. The number of fused-ring (bicyclic) bond motifs is 1. The fourth-order valence-electron chi connectivity index (χ4n) is 3.09. The first-order chi connectivity index (χ1) is 13.2. The fourth-order valence-corrected chi connectivity index (χ4v) is 3.09. The number of carbonyl (C=O) groups is 2. The van der Waals surface area contributed by atoms with Crippen molar-refractivity contribution in [3.05, 3.63) is 59.2 Å². The topological polar surface area (TPSA) is 67.4 Å². The van der Waals surface area contributed by atoms with Gasteiger partial charge in [-0.3, -0.25) is 9.59 Å². The van der Waals surface area contributed by atoms with E-state index in [4.69, 9.17) is 4.74 Å². The van der Waals surface area contributed by atoms with Crippen molar-refractivity contribution in [1.82, 2.24) is 5.32 Å². The van der Waals surface area contributed by atoms with Crippen molar-refractivity contribution >= 4 is 17.5 Å². The molecule has 2 aromatic carbocycles. The molecule has 0 radical (unpaired) electrons. The zero-order valence-corrected chi connectivity index (χ0v) is 17.0. The van der Waals surface area contributed by atoms with E-state index in [1.807, 2.05) is 70.2 Å². The number of benzene rings is 2. The Morgan fingerprint density at radius 1 is 1.14 bits per heavy atom. The molecule has 0 saturated heterocycles. The summed E-state index contributed by atoms with van der Waals surface area (Å²) >= 11 is 0. The van der Waals surface area contributed by atoms with E-state index in [-0.39, 0.29) is 17.7 Å². The van der Waals surface area contributed by atoms with Crippen LogP contribution < -0.4 is 15.4 Å². The maximum Gasteiger partial charge on any atom is 0.229 e. The first-order valence-corrected chi connectivity index (χ1v) is 9.63. The summed E-state index contributed by atoms with van der Waals surface area (Å²) in [5.41, 5.74) is 3.47. The van der Waals surface area contributed by atoms with Crippen LogP contribution in [-0.4, -0.2) is 18.4 Å². The summed E-state index contributed by atoms with van der Waals surface area (Å²) in [5, 5.41) is 5.95. The third-order valence-corrected chi connectivity index (χ3v) is 4.99. The van der Waals surface area contributed by atoms with Gasteiger partial charge in [0.05, 0.1) is 5.92 Å². The predicted octanol–water partition coefficient (Wildman–Crippen LogP) is 3.85. The molecule has 0 fully saturated rings. The molecule has 0 spiro atoms. The van der Waals surface area contributed by atoms with Gasteiger partial charge in [-0.25, -0.2) is 0 Å². The number of anilines is 1. The molecular formula is C23H28N2O3. The van der Waals surface area contributed by atoms with Crippen LogP contribution in [0.15, 0.2) is 42.5 Å². The fraction of sp³-hybridized carbons (Fsp3) is 0.391. The van der Waals surface area contributed by atoms with Crippen LogP contribution in [0.3, 0.4) is 0 Å². The second-order valence-electron chi connectivity index (χ2n) is 8.38. The molecule has 5 heteroatoms. The highest BCUT2D eigenvalue weighted by molar-refractivity contribution is 5.94. The number of hydrogen-bond acceptors (Lipinski definition) is 3. The van der Waals surface area contributed by atoms with Gasteiger partial charge in [-0.15, -0.1) is 0 Å². The van der Waals surface area contributed by atoms with Crippen molar-refractivity contribution in [2.24, 2.45) is 11.3 Å². The molecule has 5 nitrogen and oxygen atoms in total. The van der Waals surface area contributed by atoms with E-state index in [0.717, 1.165) is 28.1 Å². The van der Waals surface area contributed by atoms with Gasteiger partial charge in [0.25, 0.3) is 0 Å². The summed E-state index contributed by atoms with van der Waals surface area (Å²) in [7, 11) is 0. The number of hydrogen-bond donors (Lipinski definition) is 2. The first-order valence-electron chi connectivity index (χ1n) is 9.63. The third-order valence-electron chi connectivity index (χ3n) is 4.99. The van der Waals surface area contributed by atoms with Crippen LogP contribution in [0.1, 0.15) is 37.5 Å². The monoisotopic (exact) mass is 380 g/mol. The lowest BCUT2D eigenvalue weighted by atomic mass is 9.94. The Hall–Kier alpha value is -2.82. The summed E-state index contributed by atoms with van der Waals surface area (Å²) in [4.78, 5) is 24.8. The predicted molar refractivity (Wildman–Crippen MR) is 110 cm³/mol. The minimum absolute atomic E-state index is 0.0157. The lowest BCUT2D eigenvalue weighted by molar-refractivity contribution is -0.126. The van der Waals surface area contributed by atoms with E-state index in [9.17, 15) is 9.59 Å². The van der Waals surface area contributed by atoms with Crippen LogP contribution in [0.4, 0.5) is 5.69 Å². The largest absolute Gasteiger partial charge is 0.492 e. The molecule has 0 unspecified atom stereocenters. The highest BCUT2D eigenvalue weighted by atomic mass is 16.5. The van der Waals surface area contributed by atoms with E-state index >= 15 is 0 Å². The molecular weight excluding hydrogens is 352 g/mol. The van der Waals surface area contributed by atoms with Crippen LogP contribution >= 0.6 is 0 Å². The summed E-state index contributed by atoms with van der Waals surface area (Å²) < 4.78 is 5.79. The van der Waals surface area contributed by atoms with E-state index in [1.165, 1.54) is 0 Å². The van der Waals surface area contributed by atoms with Crippen molar-refractivity contribution in [2.75, 3.05) is 11.9 Å². The molecule has 1 aliphatic rings. The van der Waals surface area contributed by atoms with Crippen molar-refractivity contribution in [1.29, 1.82) is 0 Å². The normalized spacial score (nSPS) is 15.9. The summed E-state index contributed by atoms with van der Waals surface area (Å²) in [6.07, 6.45) is 0.591. The highest BCUT2D eigenvalue weighted by Gasteiger charge is 2.27. The zero-order chi connectivity index (χ0) is 20.3. The number of aryl methyl sites for hydroxylation is 1. The lowest BCUT2D eigenvalue weighted by Crippen LogP contribution is -2.37. The lowest BCUT2D eigenvalue weighted by Gasteiger charge is -2.26. The summed E-state index contributed by atoms with van der Waals surface area (Å²) in [5.74, 6) is 0.469. The second-order valence-corrected chi connectivity index (χ2v) is 8.38. The molecule has 2 aromatic rings. The van der Waals surface area contributed by atoms with Gasteiger partial charge >= 0.3 is 0 Å². The van der Waals surface area contributed by atoms with Gasteiger partial charge in [0.1, 0.15) is 12.4 Å². The van der Waals surface area contributed by atoms with Crippen molar-refractivity contribution in [3.63, 3.8) is 0 Å². The number of amides is 2. The van der Waals surface area contributed by atoms with Crippen molar-refractivity contribution in [3.8, 4) is 5.75 Å². The molecule has 0 saturated carbocycles. The molecule has 2 N–H and O–H groups in total. The molecule has 1 aliphatic heterocycles. The van der Waals surface area contributed by atoms with Crippen LogP contribution in [-0.2, 0) is 22.6 Å². The Morgan fingerprint density at radius 2 is 1.89 bits per heavy atom.